The number of nitrogens with zero attached hydrogens (tertiary/aromatic N) is 6. The highest BCUT2D eigenvalue weighted by atomic mass is 35.5. The van der Waals surface area contributed by atoms with Crippen molar-refractivity contribution in [3.8, 4) is 23.0 Å². The molecular weight excluding hydrogens is 968 g/mol. The van der Waals surface area contributed by atoms with E-state index in [4.69, 9.17) is 89.7 Å². The van der Waals surface area contributed by atoms with Crippen LogP contribution in [0.4, 0.5) is 0 Å². The summed E-state index contributed by atoms with van der Waals surface area (Å²) in [6.07, 6.45) is 5.02. The normalized spacial score (nSPS) is 22.1. The van der Waals surface area contributed by atoms with Crippen LogP contribution in [0.5, 0.6) is 23.0 Å². The Balaban J connectivity index is 1.54. The molecule has 5 aromatic carbocycles. The van der Waals surface area contributed by atoms with Gasteiger partial charge in [0.1, 0.15) is 23.0 Å². The SMILES string of the molecule is ClCCN=Cc1ccccc1OP12=NP(Oc3ccc4ccccc4c3)(=NP(Oc3ccccc3C=NCCCl)(Oc3ccccc3C=NCCCl)=N1)OCCOCCOCCOCCO2. The lowest BCUT2D eigenvalue weighted by Gasteiger charge is -2.33. The molecule has 2 aliphatic heterocycles. The number of aliphatic imine (C=N–C) groups is 3. The molecule has 15 nitrogen and oxygen atoms in total. The number of ether oxygens (including phenoxy) is 3. The van der Waals surface area contributed by atoms with Crippen LogP contribution in [0, 0.1) is 0 Å². The Hall–Kier alpha value is -4.07. The Bertz CT molecular complexity index is 2570. The van der Waals surface area contributed by atoms with E-state index >= 15 is 0 Å². The number of para-hydroxylation sites is 3. The molecule has 2 bridgehead atoms. The molecule has 0 saturated heterocycles. The molecule has 0 aromatic heterocycles. The minimum Gasteiger partial charge on any atom is -0.422 e. The molecule has 2 atom stereocenters. The lowest BCUT2D eigenvalue weighted by Crippen LogP contribution is -2.15. The van der Waals surface area contributed by atoms with Crippen LogP contribution in [0.3, 0.4) is 0 Å². The van der Waals surface area contributed by atoms with Crippen LogP contribution in [0.2, 0.25) is 0 Å². The Morgan fingerprint density at radius 3 is 1.38 bits per heavy atom. The van der Waals surface area contributed by atoms with Crippen molar-refractivity contribution in [3.05, 3.63) is 132 Å². The molecule has 0 amide bonds. The van der Waals surface area contributed by atoms with Crippen molar-refractivity contribution in [1.82, 2.24) is 0 Å². The zero-order valence-corrected chi connectivity index (χ0v) is 40.9. The van der Waals surface area contributed by atoms with E-state index in [0.717, 1.165) is 10.8 Å². The number of benzene rings is 5. The molecule has 0 aliphatic carbocycles. The fourth-order valence-corrected chi connectivity index (χ4v) is 15.7. The Kier molecular flexibility index (Phi) is 19.5. The van der Waals surface area contributed by atoms with Gasteiger partial charge in [0, 0.05) is 53.0 Å². The number of rotatable bonds is 17. The van der Waals surface area contributed by atoms with E-state index in [0.29, 0.717) is 103 Å². The molecule has 0 fully saturated rings. The van der Waals surface area contributed by atoms with Gasteiger partial charge >= 0.3 is 23.0 Å². The van der Waals surface area contributed by atoms with Gasteiger partial charge in [-0.2, -0.15) is 0 Å². The Labute approximate surface area is 400 Å². The molecule has 2 heterocycles. The molecule has 0 spiro atoms. The smallest absolute Gasteiger partial charge is 0.422 e. The van der Waals surface area contributed by atoms with Crippen molar-refractivity contribution in [2.45, 2.75) is 0 Å². The summed E-state index contributed by atoms with van der Waals surface area (Å²) < 4.78 is 75.8. The molecule has 0 radical (unpaired) electrons. The summed E-state index contributed by atoms with van der Waals surface area (Å²) in [4.78, 5) is 13.6. The second kappa shape index (κ2) is 25.9. The second-order valence-corrected chi connectivity index (χ2v) is 21.4. The van der Waals surface area contributed by atoms with Gasteiger partial charge in [-0.3, -0.25) is 24.0 Å². The van der Waals surface area contributed by atoms with Crippen molar-refractivity contribution in [2.24, 2.45) is 28.5 Å². The van der Waals surface area contributed by atoms with Gasteiger partial charge in [0.25, 0.3) is 0 Å². The Morgan fingerprint density at radius 1 is 0.455 bits per heavy atom. The van der Waals surface area contributed by atoms with Gasteiger partial charge in [-0.15, -0.1) is 48.3 Å². The van der Waals surface area contributed by atoms with Crippen LogP contribution < -0.4 is 18.1 Å². The molecule has 0 saturated carbocycles. The minimum atomic E-state index is -4.25. The highest BCUT2D eigenvalue weighted by molar-refractivity contribution is 7.78. The maximum Gasteiger partial charge on any atom is 0.459 e. The third-order valence-electron chi connectivity index (χ3n) is 9.08. The predicted octanol–water partition coefficient (Wildman–Crippen LogP) is 12.4. The van der Waals surface area contributed by atoms with Gasteiger partial charge < -0.3 is 32.3 Å². The number of hydrogen-bond acceptors (Lipinski definition) is 15. The van der Waals surface area contributed by atoms with Crippen LogP contribution in [0.25, 0.3) is 10.8 Å². The van der Waals surface area contributed by atoms with E-state index in [1.54, 1.807) is 36.8 Å². The van der Waals surface area contributed by atoms with E-state index in [2.05, 4.69) is 15.0 Å². The average molecular weight is 1020 g/mol. The van der Waals surface area contributed by atoms with Crippen molar-refractivity contribution < 1.29 is 41.4 Å². The summed E-state index contributed by atoms with van der Waals surface area (Å²) in [7, 11) is -12.5. The predicted molar refractivity (Wildman–Crippen MR) is 268 cm³/mol. The van der Waals surface area contributed by atoms with Crippen LogP contribution in [0.15, 0.2) is 144 Å². The topological polar surface area (TPSA) is 157 Å². The van der Waals surface area contributed by atoms with Crippen LogP contribution >= 0.6 is 57.8 Å². The second-order valence-electron chi connectivity index (χ2n) is 13.9. The fourth-order valence-electron chi connectivity index (χ4n) is 6.17. The summed E-state index contributed by atoms with van der Waals surface area (Å²) in [6, 6.07) is 35.5. The van der Waals surface area contributed by atoms with E-state index in [1.807, 2.05) is 97.1 Å². The molecule has 0 N–H and O–H groups in total. The zero-order valence-electron chi connectivity index (χ0n) is 35.9. The first-order valence-electron chi connectivity index (χ1n) is 21.1. The van der Waals surface area contributed by atoms with Crippen molar-refractivity contribution in [1.29, 1.82) is 0 Å². The molecule has 5 aromatic rings. The number of halogens is 3. The minimum absolute atomic E-state index is 0.0253. The molecule has 7 rings (SSSR count). The maximum absolute atomic E-state index is 7.16. The van der Waals surface area contributed by atoms with Gasteiger partial charge in [0.2, 0.25) is 0 Å². The number of alkyl halides is 3. The highest BCUT2D eigenvalue weighted by Crippen LogP contribution is 2.79. The van der Waals surface area contributed by atoms with E-state index in [9.17, 15) is 0 Å². The highest BCUT2D eigenvalue weighted by Gasteiger charge is 2.47. The van der Waals surface area contributed by atoms with E-state index in [1.165, 1.54) is 0 Å². The van der Waals surface area contributed by atoms with Crippen LogP contribution in [-0.2, 0) is 23.3 Å². The summed E-state index contributed by atoms with van der Waals surface area (Å²) in [5, 5.41) is 1.91. The number of hydrogen-bond donors (Lipinski definition) is 0. The fraction of sp³-hybridized carbons (Fsp3) is 0.311. The molecule has 2 unspecified atom stereocenters. The Morgan fingerprint density at radius 2 is 0.879 bits per heavy atom. The lowest BCUT2D eigenvalue weighted by atomic mass is 10.1. The van der Waals surface area contributed by atoms with Gasteiger partial charge in [-0.1, -0.05) is 66.7 Å². The average Bonchev–Trinajstić information content (AvgIpc) is 3.32. The van der Waals surface area contributed by atoms with Crippen molar-refractivity contribution in [2.75, 3.05) is 90.1 Å². The zero-order chi connectivity index (χ0) is 45.8. The van der Waals surface area contributed by atoms with Gasteiger partial charge in [0.05, 0.1) is 72.5 Å². The lowest BCUT2D eigenvalue weighted by molar-refractivity contribution is 0.00458. The standard InChI is InChI=1S/C45H50Cl3N6O9P3/c46-19-22-49-34-39-11-3-6-14-43(39)61-65-52-64(60-42-18-17-37-9-1-2-10-38(37)33-42,58-31-29-56-27-25-55-26-28-57-30-32-59-65)53-66(54-65,62-44-15-7-4-12-40(44)35-50-23-20-47)63-45-16-8-5-13-41(45)36-51-24-21-48/h1-18,33-36H,19-32H2. The van der Waals surface area contributed by atoms with Crippen molar-refractivity contribution >= 4 is 87.2 Å². The largest absolute Gasteiger partial charge is 0.459 e. The third kappa shape index (κ3) is 14.5. The summed E-state index contributed by atoms with van der Waals surface area (Å²) in [6.45, 7) is 2.63. The summed E-state index contributed by atoms with van der Waals surface area (Å²) >= 11 is 18.1. The van der Waals surface area contributed by atoms with Gasteiger partial charge in [-0.25, -0.2) is 0 Å². The molecule has 2 aliphatic rings. The first-order valence-corrected chi connectivity index (χ1v) is 27.3. The summed E-state index contributed by atoms with van der Waals surface area (Å²) in [5.74, 6) is 2.38. The van der Waals surface area contributed by atoms with Gasteiger partial charge in [0.15, 0.2) is 0 Å². The molecule has 350 valence electrons. The third-order valence-corrected chi connectivity index (χ3v) is 17.8. The number of fused-ring (bicyclic) bond motifs is 2. The van der Waals surface area contributed by atoms with Gasteiger partial charge in [-0.05, 0) is 59.3 Å². The monoisotopic (exact) mass is 1020 g/mol. The molecule has 21 heteroatoms. The van der Waals surface area contributed by atoms with Crippen LogP contribution in [-0.4, -0.2) is 109 Å². The quantitative estimate of drug-likeness (QED) is 0.0502. The van der Waals surface area contributed by atoms with Crippen LogP contribution in [0.1, 0.15) is 16.7 Å². The van der Waals surface area contributed by atoms with Crippen molar-refractivity contribution in [3.63, 3.8) is 0 Å². The molecule has 66 heavy (non-hydrogen) atoms. The molecular formula is C45H50Cl3N6O9P3. The van der Waals surface area contributed by atoms with E-state index < -0.39 is 23.0 Å². The first kappa shape index (κ1) is 49.8. The first-order chi connectivity index (χ1) is 32.5. The summed E-state index contributed by atoms with van der Waals surface area (Å²) in [5.41, 5.74) is 1.80. The van der Waals surface area contributed by atoms with E-state index in [-0.39, 0.29) is 26.4 Å². The maximum atomic E-state index is 7.16.